The summed E-state index contributed by atoms with van der Waals surface area (Å²) >= 11 is 3.59. The summed E-state index contributed by atoms with van der Waals surface area (Å²) in [6.07, 6.45) is 6.74. The topological polar surface area (TPSA) is 29.3 Å². The summed E-state index contributed by atoms with van der Waals surface area (Å²) in [6.45, 7) is 7.55. The summed E-state index contributed by atoms with van der Waals surface area (Å²) in [6, 6.07) is 7.04. The van der Waals surface area contributed by atoms with Gasteiger partial charge < -0.3 is 5.73 Å². The molecule has 0 bridgehead atoms. The van der Waals surface area contributed by atoms with Gasteiger partial charge in [-0.1, -0.05) is 47.8 Å². The molecule has 2 nitrogen and oxygen atoms in total. The highest BCUT2D eigenvalue weighted by Gasteiger charge is 2.23. The Kier molecular flexibility index (Phi) is 6.72. The van der Waals surface area contributed by atoms with Gasteiger partial charge in [-0.3, -0.25) is 4.90 Å². The average molecular weight is 353 g/mol. The van der Waals surface area contributed by atoms with Crippen molar-refractivity contribution in [3.63, 3.8) is 0 Å². The first-order chi connectivity index (χ1) is 10.2. The number of hydrogen-bond acceptors (Lipinski definition) is 2. The fraction of sp³-hybridized carbons (Fsp3) is 0.667. The number of nitrogens with zero attached hydrogens (tertiary/aromatic N) is 1. The van der Waals surface area contributed by atoms with Crippen molar-refractivity contribution >= 4 is 15.9 Å². The average Bonchev–Trinajstić information content (AvgIpc) is 2.70. The quantitative estimate of drug-likeness (QED) is 0.834. The van der Waals surface area contributed by atoms with E-state index in [-0.39, 0.29) is 0 Å². The largest absolute Gasteiger partial charge is 0.329 e. The van der Waals surface area contributed by atoms with Gasteiger partial charge in [0.1, 0.15) is 0 Å². The third-order valence-corrected chi connectivity index (χ3v) is 5.70. The number of benzene rings is 1. The van der Waals surface area contributed by atoms with Gasteiger partial charge in [0.2, 0.25) is 0 Å². The van der Waals surface area contributed by atoms with Crippen molar-refractivity contribution < 1.29 is 0 Å². The summed E-state index contributed by atoms with van der Waals surface area (Å²) in [4.78, 5) is 2.61. The first kappa shape index (κ1) is 17.0. The van der Waals surface area contributed by atoms with Gasteiger partial charge in [0, 0.05) is 17.1 Å². The molecule has 1 aromatic carbocycles. The Morgan fingerprint density at radius 1 is 1.33 bits per heavy atom. The summed E-state index contributed by atoms with van der Waals surface area (Å²) in [5.74, 6) is 0.921. The highest BCUT2D eigenvalue weighted by atomic mass is 79.9. The molecule has 1 aromatic rings. The van der Waals surface area contributed by atoms with E-state index in [4.69, 9.17) is 5.73 Å². The summed E-state index contributed by atoms with van der Waals surface area (Å²) in [5.41, 5.74) is 8.78. The van der Waals surface area contributed by atoms with Crippen LogP contribution in [0.1, 0.15) is 56.2 Å². The van der Waals surface area contributed by atoms with E-state index in [1.807, 2.05) is 0 Å². The van der Waals surface area contributed by atoms with Crippen LogP contribution in [0, 0.1) is 12.8 Å². The van der Waals surface area contributed by atoms with Crippen LogP contribution in [0.15, 0.2) is 22.7 Å². The highest BCUT2D eigenvalue weighted by molar-refractivity contribution is 9.10. The monoisotopic (exact) mass is 352 g/mol. The predicted octanol–water partition coefficient (Wildman–Crippen LogP) is 4.66. The van der Waals surface area contributed by atoms with Crippen LogP contribution < -0.4 is 5.73 Å². The van der Waals surface area contributed by atoms with Crippen LogP contribution in [-0.2, 0) is 0 Å². The molecule has 118 valence electrons. The lowest BCUT2D eigenvalue weighted by Gasteiger charge is -2.30. The Hall–Kier alpha value is -0.380. The van der Waals surface area contributed by atoms with Gasteiger partial charge in [-0.25, -0.2) is 0 Å². The van der Waals surface area contributed by atoms with E-state index in [1.54, 1.807) is 0 Å². The van der Waals surface area contributed by atoms with Gasteiger partial charge in [-0.05, 0) is 62.4 Å². The van der Waals surface area contributed by atoms with E-state index >= 15 is 0 Å². The predicted molar refractivity (Wildman–Crippen MR) is 94.5 cm³/mol. The van der Waals surface area contributed by atoms with Gasteiger partial charge in [0.15, 0.2) is 0 Å². The lowest BCUT2D eigenvalue weighted by Crippen LogP contribution is -2.34. The number of likely N-dealkylation sites (tertiary alicyclic amines) is 1. The van der Waals surface area contributed by atoms with Crippen molar-refractivity contribution in [2.45, 2.75) is 52.0 Å². The molecule has 21 heavy (non-hydrogen) atoms. The van der Waals surface area contributed by atoms with Crippen molar-refractivity contribution in [3.05, 3.63) is 33.8 Å². The van der Waals surface area contributed by atoms with Crippen LogP contribution in [0.25, 0.3) is 0 Å². The number of nitrogens with two attached hydrogens (primary N) is 1. The standard InChI is InChI=1S/C18H29BrN2/c1-3-5-15-6-4-10-21(11-9-15)18(13-20)16-7-8-17(19)14(2)12-16/h7-8,12,15,18H,3-6,9-11,13,20H2,1-2H3. The molecule has 1 aliphatic rings. The molecule has 1 heterocycles. The minimum atomic E-state index is 0.372. The smallest absolute Gasteiger partial charge is 0.0470 e. The van der Waals surface area contributed by atoms with Crippen molar-refractivity contribution in [2.24, 2.45) is 11.7 Å². The molecule has 1 saturated heterocycles. The van der Waals surface area contributed by atoms with Gasteiger partial charge >= 0.3 is 0 Å². The van der Waals surface area contributed by atoms with Gasteiger partial charge in [-0.15, -0.1) is 0 Å². The zero-order valence-electron chi connectivity index (χ0n) is 13.4. The Bertz CT molecular complexity index is 447. The van der Waals surface area contributed by atoms with Crippen molar-refractivity contribution in [1.29, 1.82) is 0 Å². The minimum Gasteiger partial charge on any atom is -0.329 e. The lowest BCUT2D eigenvalue weighted by molar-refractivity contribution is 0.206. The molecule has 2 unspecified atom stereocenters. The normalized spacial score (nSPS) is 22.0. The molecule has 2 N–H and O–H groups in total. The van der Waals surface area contributed by atoms with Crippen molar-refractivity contribution in [2.75, 3.05) is 19.6 Å². The molecule has 3 heteroatoms. The third-order valence-electron chi connectivity index (χ3n) is 4.81. The van der Waals surface area contributed by atoms with Gasteiger partial charge in [0.25, 0.3) is 0 Å². The summed E-state index contributed by atoms with van der Waals surface area (Å²) < 4.78 is 1.18. The molecule has 1 fully saturated rings. The van der Waals surface area contributed by atoms with E-state index in [1.165, 1.54) is 60.8 Å². The second-order valence-electron chi connectivity index (χ2n) is 6.38. The number of rotatable bonds is 5. The molecule has 2 atom stereocenters. The van der Waals surface area contributed by atoms with Crippen LogP contribution in [-0.4, -0.2) is 24.5 Å². The Morgan fingerprint density at radius 2 is 2.14 bits per heavy atom. The zero-order valence-corrected chi connectivity index (χ0v) is 15.0. The fourth-order valence-corrected chi connectivity index (χ4v) is 3.81. The SMILES string of the molecule is CCCC1CCCN(C(CN)c2ccc(Br)c(C)c2)CC1. The Morgan fingerprint density at radius 3 is 2.81 bits per heavy atom. The second kappa shape index (κ2) is 8.30. The molecule has 1 aliphatic heterocycles. The van der Waals surface area contributed by atoms with Crippen LogP contribution in [0.3, 0.4) is 0 Å². The summed E-state index contributed by atoms with van der Waals surface area (Å²) in [7, 11) is 0. The third kappa shape index (κ3) is 4.54. The van der Waals surface area contributed by atoms with E-state index in [2.05, 4.69) is 52.9 Å². The minimum absolute atomic E-state index is 0.372. The second-order valence-corrected chi connectivity index (χ2v) is 7.24. The maximum Gasteiger partial charge on any atom is 0.0470 e. The number of hydrogen-bond donors (Lipinski definition) is 1. The first-order valence-electron chi connectivity index (χ1n) is 8.35. The van der Waals surface area contributed by atoms with Gasteiger partial charge in [-0.2, -0.15) is 0 Å². The summed E-state index contributed by atoms with van der Waals surface area (Å²) in [5, 5.41) is 0. The molecule has 0 amide bonds. The number of aryl methyl sites for hydroxylation is 1. The van der Waals surface area contributed by atoms with E-state index in [0.29, 0.717) is 12.6 Å². The molecule has 2 rings (SSSR count). The molecular formula is C18H29BrN2. The molecule has 0 radical (unpaired) electrons. The zero-order chi connectivity index (χ0) is 15.2. The molecule has 0 aromatic heterocycles. The van der Waals surface area contributed by atoms with E-state index < -0.39 is 0 Å². The number of halogens is 1. The molecule has 0 saturated carbocycles. The molecule has 0 aliphatic carbocycles. The van der Waals surface area contributed by atoms with Crippen molar-refractivity contribution in [3.8, 4) is 0 Å². The van der Waals surface area contributed by atoms with Crippen LogP contribution >= 0.6 is 15.9 Å². The maximum atomic E-state index is 6.11. The van der Waals surface area contributed by atoms with Crippen LogP contribution in [0.5, 0.6) is 0 Å². The molecular weight excluding hydrogens is 324 g/mol. The maximum absolute atomic E-state index is 6.11. The molecule has 0 spiro atoms. The Labute approximate surface area is 138 Å². The van der Waals surface area contributed by atoms with E-state index in [0.717, 1.165) is 5.92 Å². The highest BCUT2D eigenvalue weighted by Crippen LogP contribution is 2.29. The van der Waals surface area contributed by atoms with Crippen LogP contribution in [0.2, 0.25) is 0 Å². The first-order valence-corrected chi connectivity index (χ1v) is 9.15. The van der Waals surface area contributed by atoms with Crippen molar-refractivity contribution in [1.82, 2.24) is 4.90 Å². The van der Waals surface area contributed by atoms with Gasteiger partial charge in [0.05, 0.1) is 0 Å². The van der Waals surface area contributed by atoms with E-state index in [9.17, 15) is 0 Å². The fourth-order valence-electron chi connectivity index (χ4n) is 3.57. The van der Waals surface area contributed by atoms with Crippen LogP contribution in [0.4, 0.5) is 0 Å². The lowest BCUT2D eigenvalue weighted by atomic mass is 9.96. The Balaban J connectivity index is 2.08.